The van der Waals surface area contributed by atoms with E-state index in [0.717, 1.165) is 5.56 Å². The smallest absolute Gasteiger partial charge is 0.250 e. The Labute approximate surface area is 194 Å². The topological polar surface area (TPSA) is 67.6 Å². The standard InChI is InChI=1S/C26H21F2N3O3/c27-19-5-3-18(4-6-19)25-23(15-31(29-25)21-9-7-20(28)8-10-21)26-30(24(33)16-34-26)14-13-17-1-11-22(32)12-2-17/h1-12,15,26,32H,13-14,16H2/t26-/m0/s1. The number of phenols is 1. The molecule has 0 saturated carbocycles. The molecule has 6 nitrogen and oxygen atoms in total. The molecular formula is C26H21F2N3O3. The van der Waals surface area contributed by atoms with Crippen molar-refractivity contribution in [3.63, 3.8) is 0 Å². The van der Waals surface area contributed by atoms with Crippen LogP contribution in [0.4, 0.5) is 8.78 Å². The van der Waals surface area contributed by atoms with Crippen LogP contribution < -0.4 is 0 Å². The minimum absolute atomic E-state index is 0.0647. The highest BCUT2D eigenvalue weighted by Crippen LogP contribution is 2.35. The van der Waals surface area contributed by atoms with E-state index in [9.17, 15) is 18.7 Å². The number of carbonyl (C=O) groups excluding carboxylic acids is 1. The average Bonchev–Trinajstić information content (AvgIpc) is 3.43. The number of aromatic hydroxyl groups is 1. The second-order valence-electron chi connectivity index (χ2n) is 8.03. The lowest BCUT2D eigenvalue weighted by Crippen LogP contribution is -2.30. The first-order valence-corrected chi connectivity index (χ1v) is 10.8. The van der Waals surface area contributed by atoms with E-state index in [1.807, 2.05) is 12.1 Å². The van der Waals surface area contributed by atoms with Gasteiger partial charge in [-0.1, -0.05) is 12.1 Å². The molecule has 1 fully saturated rings. The van der Waals surface area contributed by atoms with Gasteiger partial charge in [0, 0.05) is 23.9 Å². The molecule has 8 heteroatoms. The first kappa shape index (κ1) is 21.8. The largest absolute Gasteiger partial charge is 0.508 e. The van der Waals surface area contributed by atoms with Crippen LogP contribution in [0.2, 0.25) is 0 Å². The quantitative estimate of drug-likeness (QED) is 0.455. The number of nitrogens with zero attached hydrogens (tertiary/aromatic N) is 3. The highest BCUT2D eigenvalue weighted by Gasteiger charge is 2.36. The predicted molar refractivity (Wildman–Crippen MR) is 121 cm³/mol. The Morgan fingerprint density at radius 2 is 1.59 bits per heavy atom. The number of phenolic OH excluding ortho intramolecular Hbond substituents is 1. The summed E-state index contributed by atoms with van der Waals surface area (Å²) < 4.78 is 34.5. The molecule has 1 aromatic heterocycles. The Morgan fingerprint density at radius 3 is 2.26 bits per heavy atom. The molecule has 2 heterocycles. The van der Waals surface area contributed by atoms with Crippen molar-refractivity contribution in [1.82, 2.24) is 14.7 Å². The molecule has 5 rings (SSSR count). The van der Waals surface area contributed by atoms with E-state index in [0.29, 0.717) is 35.5 Å². The molecule has 3 aromatic carbocycles. The number of halogens is 2. The Kier molecular flexibility index (Phi) is 5.81. The van der Waals surface area contributed by atoms with Gasteiger partial charge in [-0.05, 0) is 72.6 Å². The van der Waals surface area contributed by atoms with Gasteiger partial charge in [0.15, 0.2) is 6.23 Å². The molecule has 1 saturated heterocycles. The molecule has 34 heavy (non-hydrogen) atoms. The lowest BCUT2D eigenvalue weighted by molar-refractivity contribution is -0.128. The molecule has 0 bridgehead atoms. The Morgan fingerprint density at radius 1 is 0.941 bits per heavy atom. The zero-order valence-electron chi connectivity index (χ0n) is 18.1. The van der Waals surface area contributed by atoms with E-state index >= 15 is 0 Å². The number of ether oxygens (including phenoxy) is 1. The molecule has 1 N–H and O–H groups in total. The summed E-state index contributed by atoms with van der Waals surface area (Å²) in [5, 5.41) is 14.2. The van der Waals surface area contributed by atoms with Crippen LogP contribution in [-0.2, 0) is 16.0 Å². The molecule has 0 radical (unpaired) electrons. The fourth-order valence-corrected chi connectivity index (χ4v) is 3.99. The molecule has 1 amide bonds. The van der Waals surface area contributed by atoms with Crippen LogP contribution in [0.3, 0.4) is 0 Å². The molecule has 1 aliphatic heterocycles. The van der Waals surface area contributed by atoms with E-state index in [2.05, 4.69) is 5.10 Å². The van der Waals surface area contributed by atoms with Crippen LogP contribution in [0.15, 0.2) is 79.0 Å². The third-order valence-electron chi connectivity index (χ3n) is 5.76. The van der Waals surface area contributed by atoms with Crippen LogP contribution >= 0.6 is 0 Å². The van der Waals surface area contributed by atoms with E-state index in [1.54, 1.807) is 52.2 Å². The van der Waals surface area contributed by atoms with Crippen molar-refractivity contribution in [2.45, 2.75) is 12.6 Å². The van der Waals surface area contributed by atoms with E-state index in [1.165, 1.54) is 24.3 Å². The second-order valence-corrected chi connectivity index (χ2v) is 8.03. The Hall–Kier alpha value is -4.04. The lowest BCUT2D eigenvalue weighted by Gasteiger charge is -2.23. The minimum atomic E-state index is -0.682. The molecule has 4 aromatic rings. The lowest BCUT2D eigenvalue weighted by atomic mass is 10.1. The number of rotatable bonds is 6. The third-order valence-corrected chi connectivity index (χ3v) is 5.76. The number of aromatic nitrogens is 2. The van der Waals surface area contributed by atoms with Crippen molar-refractivity contribution in [3.05, 3.63) is 102 Å². The molecular weight excluding hydrogens is 440 g/mol. The summed E-state index contributed by atoms with van der Waals surface area (Å²) in [4.78, 5) is 14.3. The summed E-state index contributed by atoms with van der Waals surface area (Å²) in [6.45, 7) is 0.337. The maximum atomic E-state index is 13.6. The van der Waals surface area contributed by atoms with Gasteiger partial charge >= 0.3 is 0 Å². The summed E-state index contributed by atoms with van der Waals surface area (Å²) in [5.41, 5.74) is 3.46. The summed E-state index contributed by atoms with van der Waals surface area (Å²) in [7, 11) is 0. The average molecular weight is 461 g/mol. The number of hydrogen-bond donors (Lipinski definition) is 1. The van der Waals surface area contributed by atoms with Crippen LogP contribution in [0.5, 0.6) is 5.75 Å². The second kappa shape index (κ2) is 9.07. The van der Waals surface area contributed by atoms with Crippen molar-refractivity contribution in [2.75, 3.05) is 13.2 Å². The number of amides is 1. The van der Waals surface area contributed by atoms with Crippen LogP contribution in [0.25, 0.3) is 16.9 Å². The zero-order valence-corrected chi connectivity index (χ0v) is 18.1. The minimum Gasteiger partial charge on any atom is -0.508 e. The molecule has 0 spiro atoms. The fraction of sp³-hybridized carbons (Fsp3) is 0.154. The van der Waals surface area contributed by atoms with Gasteiger partial charge in [-0.2, -0.15) is 5.10 Å². The Balaban J connectivity index is 1.50. The van der Waals surface area contributed by atoms with Crippen molar-refractivity contribution in [3.8, 4) is 22.7 Å². The van der Waals surface area contributed by atoms with Crippen molar-refractivity contribution in [1.29, 1.82) is 0 Å². The molecule has 1 atom stereocenters. The zero-order chi connectivity index (χ0) is 23.7. The SMILES string of the molecule is O=C1CO[C@@H](c2cn(-c3ccc(F)cc3)nc2-c2ccc(F)cc2)N1CCc1ccc(O)cc1. The van der Waals surface area contributed by atoms with Crippen LogP contribution in [0, 0.1) is 11.6 Å². The van der Waals surface area contributed by atoms with Crippen molar-refractivity contribution >= 4 is 5.91 Å². The molecule has 172 valence electrons. The van der Waals surface area contributed by atoms with E-state index in [4.69, 9.17) is 4.74 Å². The first-order valence-electron chi connectivity index (χ1n) is 10.8. The third kappa shape index (κ3) is 4.40. The van der Waals surface area contributed by atoms with Gasteiger partial charge in [0.2, 0.25) is 0 Å². The first-order chi connectivity index (χ1) is 16.5. The van der Waals surface area contributed by atoms with Gasteiger partial charge < -0.3 is 14.7 Å². The van der Waals surface area contributed by atoms with Gasteiger partial charge in [0.25, 0.3) is 5.91 Å². The number of carbonyl (C=O) groups is 1. The predicted octanol–water partition coefficient (Wildman–Crippen LogP) is 4.62. The van der Waals surface area contributed by atoms with Crippen molar-refractivity contribution in [2.24, 2.45) is 0 Å². The van der Waals surface area contributed by atoms with Gasteiger partial charge in [-0.15, -0.1) is 0 Å². The van der Waals surface area contributed by atoms with Gasteiger partial charge in [0.05, 0.1) is 5.69 Å². The summed E-state index contributed by atoms with van der Waals surface area (Å²) in [6, 6.07) is 18.6. The summed E-state index contributed by atoms with van der Waals surface area (Å²) in [5.74, 6) is -0.700. The van der Waals surface area contributed by atoms with Crippen molar-refractivity contribution < 1.29 is 23.4 Å². The van der Waals surface area contributed by atoms with E-state index in [-0.39, 0.29) is 29.9 Å². The summed E-state index contributed by atoms with van der Waals surface area (Å²) >= 11 is 0. The van der Waals surface area contributed by atoms with Crippen LogP contribution in [-0.4, -0.2) is 38.8 Å². The molecule has 1 aliphatic rings. The number of hydrogen-bond acceptors (Lipinski definition) is 4. The Bertz CT molecular complexity index is 1300. The van der Waals surface area contributed by atoms with E-state index < -0.39 is 6.23 Å². The highest BCUT2D eigenvalue weighted by molar-refractivity contribution is 5.80. The summed E-state index contributed by atoms with van der Waals surface area (Å²) in [6.07, 6.45) is 1.64. The molecule has 0 unspecified atom stereocenters. The monoisotopic (exact) mass is 461 g/mol. The molecule has 0 aliphatic carbocycles. The van der Waals surface area contributed by atoms with Gasteiger partial charge in [-0.3, -0.25) is 4.79 Å². The fourth-order valence-electron chi connectivity index (χ4n) is 3.99. The van der Waals surface area contributed by atoms with Crippen LogP contribution in [0.1, 0.15) is 17.4 Å². The van der Waals surface area contributed by atoms with Gasteiger partial charge in [-0.25, -0.2) is 13.5 Å². The maximum absolute atomic E-state index is 13.6. The van der Waals surface area contributed by atoms with Gasteiger partial charge in [0.1, 0.15) is 29.7 Å². The maximum Gasteiger partial charge on any atom is 0.250 e. The highest BCUT2D eigenvalue weighted by atomic mass is 19.1. The number of benzene rings is 3. The normalized spacial score (nSPS) is 15.8.